The van der Waals surface area contributed by atoms with Gasteiger partial charge >= 0.3 is 0 Å². The minimum atomic E-state index is 1.21. The fourth-order valence-corrected chi connectivity index (χ4v) is 2.38. The van der Waals surface area contributed by atoms with E-state index in [1.54, 1.807) is 5.56 Å². The quantitative estimate of drug-likeness (QED) is 0.727. The van der Waals surface area contributed by atoms with Crippen molar-refractivity contribution in [3.8, 4) is 0 Å². The number of nitrogens with zero attached hydrogens (tertiary/aromatic N) is 1. The van der Waals surface area contributed by atoms with Crippen molar-refractivity contribution in [2.24, 2.45) is 0 Å². The summed E-state index contributed by atoms with van der Waals surface area (Å²) >= 11 is 0. The van der Waals surface area contributed by atoms with Crippen LogP contribution in [0.3, 0.4) is 0 Å². The summed E-state index contributed by atoms with van der Waals surface area (Å²) in [4.78, 5) is 2.38. The average Bonchev–Trinajstić information content (AvgIpc) is 2.26. The monoisotopic (exact) mass is 203 g/mol. The first-order valence-electron chi connectivity index (χ1n) is 6.14. The molecule has 1 aromatic carbocycles. The number of hydrogen-bond donors (Lipinski definition) is 0. The fraction of sp³-hybridized carbons (Fsp3) is 0.571. The lowest BCUT2D eigenvalue weighted by atomic mass is 9.98. The first-order chi connectivity index (χ1) is 7.31. The highest BCUT2D eigenvalue weighted by molar-refractivity contribution is 5.56. The van der Waals surface area contributed by atoms with Crippen LogP contribution in [0.2, 0.25) is 0 Å². The molecular weight excluding hydrogens is 182 g/mol. The summed E-state index contributed by atoms with van der Waals surface area (Å²) in [5.41, 5.74) is 4.52. The van der Waals surface area contributed by atoms with Gasteiger partial charge < -0.3 is 4.90 Å². The highest BCUT2D eigenvalue weighted by Gasteiger charge is 2.13. The standard InChI is InChI=1S/C14H21N/c1-3-4-6-12-8-9-14-13(11-12)7-5-10-15(14)2/h8-9,11H,3-7,10H2,1-2H3. The van der Waals surface area contributed by atoms with Gasteiger partial charge in [0.15, 0.2) is 0 Å². The molecule has 0 saturated heterocycles. The zero-order valence-corrected chi connectivity index (χ0v) is 9.92. The third-order valence-corrected chi connectivity index (χ3v) is 3.31. The van der Waals surface area contributed by atoms with Gasteiger partial charge in [-0.2, -0.15) is 0 Å². The molecule has 0 bridgehead atoms. The van der Waals surface area contributed by atoms with Crippen LogP contribution in [0.1, 0.15) is 37.3 Å². The van der Waals surface area contributed by atoms with Crippen molar-refractivity contribution in [1.82, 2.24) is 0 Å². The van der Waals surface area contributed by atoms with Crippen molar-refractivity contribution in [3.63, 3.8) is 0 Å². The Hall–Kier alpha value is -0.980. The SMILES string of the molecule is CCCCc1ccc2c(c1)CCCN2C. The fourth-order valence-electron chi connectivity index (χ4n) is 2.38. The van der Waals surface area contributed by atoms with Crippen LogP contribution in [0.15, 0.2) is 18.2 Å². The normalized spacial score (nSPS) is 15.2. The van der Waals surface area contributed by atoms with Crippen molar-refractivity contribution in [2.45, 2.75) is 39.0 Å². The lowest BCUT2D eigenvalue weighted by Gasteiger charge is -2.27. The Labute approximate surface area is 93.1 Å². The number of benzene rings is 1. The van der Waals surface area contributed by atoms with Gasteiger partial charge in [-0.25, -0.2) is 0 Å². The summed E-state index contributed by atoms with van der Waals surface area (Å²) in [5.74, 6) is 0. The maximum atomic E-state index is 2.42. The van der Waals surface area contributed by atoms with Crippen molar-refractivity contribution in [2.75, 3.05) is 18.5 Å². The van der Waals surface area contributed by atoms with E-state index in [2.05, 4.69) is 37.1 Å². The molecule has 1 nitrogen and oxygen atoms in total. The molecule has 1 aromatic rings. The minimum absolute atomic E-state index is 1.21. The van der Waals surface area contributed by atoms with Crippen molar-refractivity contribution in [3.05, 3.63) is 29.3 Å². The Balaban J connectivity index is 2.18. The van der Waals surface area contributed by atoms with Gasteiger partial charge in [0.2, 0.25) is 0 Å². The van der Waals surface area contributed by atoms with Crippen LogP contribution in [-0.2, 0) is 12.8 Å². The third kappa shape index (κ3) is 2.34. The molecular formula is C14H21N. The lowest BCUT2D eigenvalue weighted by Crippen LogP contribution is -2.24. The molecule has 0 N–H and O–H groups in total. The number of aryl methyl sites for hydroxylation is 2. The van der Waals surface area contributed by atoms with Gasteiger partial charge in [-0.05, 0) is 42.9 Å². The van der Waals surface area contributed by atoms with Gasteiger partial charge in [0.1, 0.15) is 0 Å². The molecule has 1 heteroatoms. The van der Waals surface area contributed by atoms with E-state index in [4.69, 9.17) is 0 Å². The summed E-state index contributed by atoms with van der Waals surface area (Å²) in [7, 11) is 2.20. The van der Waals surface area contributed by atoms with Crippen LogP contribution >= 0.6 is 0 Å². The molecule has 1 heterocycles. The number of hydrogen-bond acceptors (Lipinski definition) is 1. The van der Waals surface area contributed by atoms with Crippen molar-refractivity contribution < 1.29 is 0 Å². The predicted octanol–water partition coefficient (Wildman–Crippen LogP) is 3.41. The summed E-state index contributed by atoms with van der Waals surface area (Å²) in [6, 6.07) is 7.02. The second-order valence-corrected chi connectivity index (χ2v) is 4.59. The van der Waals surface area contributed by atoms with Crippen molar-refractivity contribution in [1.29, 1.82) is 0 Å². The molecule has 0 radical (unpaired) electrons. The second kappa shape index (κ2) is 4.69. The summed E-state index contributed by atoms with van der Waals surface area (Å²) in [6.45, 7) is 3.47. The Morgan fingerprint density at radius 2 is 2.20 bits per heavy atom. The highest BCUT2D eigenvalue weighted by Crippen LogP contribution is 2.27. The van der Waals surface area contributed by atoms with Gasteiger partial charge in [-0.15, -0.1) is 0 Å². The predicted molar refractivity (Wildman–Crippen MR) is 66.6 cm³/mol. The lowest BCUT2D eigenvalue weighted by molar-refractivity contribution is 0.739. The average molecular weight is 203 g/mol. The van der Waals surface area contributed by atoms with Crippen LogP contribution in [0.4, 0.5) is 5.69 Å². The molecule has 0 aromatic heterocycles. The van der Waals surface area contributed by atoms with Gasteiger partial charge in [0, 0.05) is 19.3 Å². The number of fused-ring (bicyclic) bond motifs is 1. The molecule has 0 fully saturated rings. The molecule has 0 aliphatic carbocycles. The summed E-state index contributed by atoms with van der Waals surface area (Å²) in [5, 5.41) is 0. The molecule has 1 aliphatic rings. The van der Waals surface area contributed by atoms with Gasteiger partial charge in [0.25, 0.3) is 0 Å². The van der Waals surface area contributed by atoms with Crippen LogP contribution in [0.25, 0.3) is 0 Å². The van der Waals surface area contributed by atoms with E-state index in [9.17, 15) is 0 Å². The highest BCUT2D eigenvalue weighted by atomic mass is 15.1. The molecule has 0 amide bonds. The molecule has 1 aliphatic heterocycles. The second-order valence-electron chi connectivity index (χ2n) is 4.59. The number of unbranched alkanes of at least 4 members (excludes halogenated alkanes) is 1. The van der Waals surface area contributed by atoms with E-state index in [1.165, 1.54) is 49.9 Å². The van der Waals surface area contributed by atoms with Crippen LogP contribution in [-0.4, -0.2) is 13.6 Å². The van der Waals surface area contributed by atoms with Gasteiger partial charge in [0.05, 0.1) is 0 Å². The molecule has 0 unspecified atom stereocenters. The van der Waals surface area contributed by atoms with Gasteiger partial charge in [-0.3, -0.25) is 0 Å². The smallest absolute Gasteiger partial charge is 0.0396 e. The molecule has 2 rings (SSSR count). The Morgan fingerprint density at radius 3 is 3.00 bits per heavy atom. The van der Waals surface area contributed by atoms with Gasteiger partial charge in [-0.1, -0.05) is 25.5 Å². The Morgan fingerprint density at radius 1 is 1.33 bits per heavy atom. The van der Waals surface area contributed by atoms with E-state index in [0.29, 0.717) is 0 Å². The van der Waals surface area contributed by atoms with E-state index < -0.39 is 0 Å². The van der Waals surface area contributed by atoms with Crippen molar-refractivity contribution >= 4 is 5.69 Å². The molecule has 0 saturated carbocycles. The number of rotatable bonds is 3. The minimum Gasteiger partial charge on any atom is -0.374 e. The maximum Gasteiger partial charge on any atom is 0.0396 e. The molecule has 0 atom stereocenters. The van der Waals surface area contributed by atoms with E-state index in [0.717, 1.165) is 0 Å². The zero-order chi connectivity index (χ0) is 10.7. The van der Waals surface area contributed by atoms with E-state index >= 15 is 0 Å². The van der Waals surface area contributed by atoms with E-state index in [-0.39, 0.29) is 0 Å². The van der Waals surface area contributed by atoms with Crippen LogP contribution < -0.4 is 4.90 Å². The Bertz CT molecular complexity index is 330. The molecule has 15 heavy (non-hydrogen) atoms. The first-order valence-corrected chi connectivity index (χ1v) is 6.14. The van der Waals surface area contributed by atoms with E-state index in [1.807, 2.05) is 0 Å². The summed E-state index contributed by atoms with van der Waals surface area (Å²) in [6.07, 6.45) is 6.42. The summed E-state index contributed by atoms with van der Waals surface area (Å²) < 4.78 is 0. The third-order valence-electron chi connectivity index (χ3n) is 3.31. The molecule has 0 spiro atoms. The molecule has 82 valence electrons. The largest absolute Gasteiger partial charge is 0.374 e. The Kier molecular flexibility index (Phi) is 3.30. The topological polar surface area (TPSA) is 3.24 Å². The zero-order valence-electron chi connectivity index (χ0n) is 9.92. The maximum absolute atomic E-state index is 2.42. The van der Waals surface area contributed by atoms with Crippen LogP contribution in [0, 0.1) is 0 Å². The number of anilines is 1. The van der Waals surface area contributed by atoms with Crippen LogP contribution in [0.5, 0.6) is 0 Å². The first kappa shape index (κ1) is 10.5.